The Bertz CT molecular complexity index is 1050. The van der Waals surface area contributed by atoms with Crippen LogP contribution in [0.1, 0.15) is 0 Å². The smallest absolute Gasteiger partial charge is 0.262 e. The first-order valence-electron chi connectivity index (χ1n) is 7.65. The van der Waals surface area contributed by atoms with Crippen LogP contribution in [-0.2, 0) is 0 Å². The zero-order chi connectivity index (χ0) is 17.1. The molecule has 0 saturated heterocycles. The van der Waals surface area contributed by atoms with E-state index in [0.29, 0.717) is 34.5 Å². The van der Waals surface area contributed by atoms with E-state index in [1.807, 2.05) is 54.6 Å². The summed E-state index contributed by atoms with van der Waals surface area (Å²) in [6.07, 6.45) is 0. The molecule has 6 heteroatoms. The Morgan fingerprint density at radius 3 is 2.52 bits per heavy atom. The summed E-state index contributed by atoms with van der Waals surface area (Å²) in [6, 6.07) is 21.6. The van der Waals surface area contributed by atoms with Crippen molar-refractivity contribution in [1.29, 1.82) is 0 Å². The maximum atomic E-state index is 11.4. The van der Waals surface area contributed by atoms with Crippen molar-refractivity contribution < 1.29 is 9.26 Å². The fourth-order valence-electron chi connectivity index (χ4n) is 2.37. The van der Waals surface area contributed by atoms with Gasteiger partial charge in [-0.3, -0.25) is 4.79 Å². The molecule has 0 atom stereocenters. The summed E-state index contributed by atoms with van der Waals surface area (Å²) < 4.78 is 11.3. The molecule has 0 spiro atoms. The predicted octanol–water partition coefficient (Wildman–Crippen LogP) is 3.88. The van der Waals surface area contributed by atoms with Crippen LogP contribution in [0.5, 0.6) is 11.5 Å². The second-order valence-corrected chi connectivity index (χ2v) is 5.26. The molecule has 0 amide bonds. The molecule has 0 saturated carbocycles. The quantitative estimate of drug-likeness (QED) is 0.613. The summed E-state index contributed by atoms with van der Waals surface area (Å²) in [6.45, 7) is 0. The summed E-state index contributed by atoms with van der Waals surface area (Å²) in [7, 11) is 0. The summed E-state index contributed by atoms with van der Waals surface area (Å²) in [4.78, 5) is 18.5. The number of H-pyrrole nitrogens is 1. The van der Waals surface area contributed by atoms with Crippen LogP contribution < -0.4 is 10.3 Å². The minimum atomic E-state index is -0.225. The van der Waals surface area contributed by atoms with Gasteiger partial charge in [-0.15, -0.1) is 0 Å². The molecule has 25 heavy (non-hydrogen) atoms. The van der Waals surface area contributed by atoms with E-state index < -0.39 is 0 Å². The van der Waals surface area contributed by atoms with Crippen molar-refractivity contribution >= 4 is 0 Å². The van der Waals surface area contributed by atoms with Crippen LogP contribution >= 0.6 is 0 Å². The normalized spacial score (nSPS) is 10.6. The van der Waals surface area contributed by atoms with E-state index in [9.17, 15) is 4.79 Å². The molecule has 0 bridgehead atoms. The minimum absolute atomic E-state index is 0.225. The van der Waals surface area contributed by atoms with Crippen LogP contribution in [0, 0.1) is 0 Å². The van der Waals surface area contributed by atoms with Gasteiger partial charge >= 0.3 is 0 Å². The highest BCUT2D eigenvalue weighted by Gasteiger charge is 2.15. The molecule has 0 aliphatic rings. The number of hydrogen-bond donors (Lipinski definition) is 1. The van der Waals surface area contributed by atoms with Crippen molar-refractivity contribution in [3.8, 4) is 34.5 Å². The van der Waals surface area contributed by atoms with E-state index in [0.717, 1.165) is 0 Å². The van der Waals surface area contributed by atoms with Gasteiger partial charge in [0.25, 0.3) is 5.89 Å². The van der Waals surface area contributed by atoms with E-state index in [2.05, 4.69) is 15.1 Å². The third-order valence-electron chi connectivity index (χ3n) is 3.52. The zero-order valence-corrected chi connectivity index (χ0v) is 13.0. The van der Waals surface area contributed by atoms with Crippen LogP contribution in [-0.4, -0.2) is 15.1 Å². The maximum absolute atomic E-state index is 11.4. The molecule has 6 nitrogen and oxygen atoms in total. The van der Waals surface area contributed by atoms with Crippen LogP contribution in [0.4, 0.5) is 0 Å². The van der Waals surface area contributed by atoms with Crippen molar-refractivity contribution in [2.75, 3.05) is 0 Å². The second-order valence-electron chi connectivity index (χ2n) is 5.26. The lowest BCUT2D eigenvalue weighted by Gasteiger charge is -2.08. The standard InChI is InChI=1S/C19H13N3O3/c23-17-12-6-10-15(20-17)18-21-19(25-22-18)14-9-4-5-11-16(14)24-13-7-2-1-3-8-13/h1-12H,(H,20,23). The fraction of sp³-hybridized carbons (Fsp3) is 0. The van der Waals surface area contributed by atoms with Gasteiger partial charge in [-0.1, -0.05) is 41.6 Å². The molecule has 122 valence electrons. The molecule has 2 aromatic heterocycles. The monoisotopic (exact) mass is 331 g/mol. The molecule has 0 aliphatic carbocycles. The summed E-state index contributed by atoms with van der Waals surface area (Å²) in [5.41, 5.74) is 0.934. The van der Waals surface area contributed by atoms with E-state index in [-0.39, 0.29) is 5.56 Å². The highest BCUT2D eigenvalue weighted by Crippen LogP contribution is 2.32. The Kier molecular flexibility index (Phi) is 3.84. The van der Waals surface area contributed by atoms with Crippen LogP contribution in [0.25, 0.3) is 23.0 Å². The van der Waals surface area contributed by atoms with Gasteiger partial charge in [0.05, 0.1) is 11.3 Å². The average Bonchev–Trinajstić information content (AvgIpc) is 3.13. The van der Waals surface area contributed by atoms with Gasteiger partial charge in [-0.05, 0) is 30.3 Å². The van der Waals surface area contributed by atoms with E-state index in [1.165, 1.54) is 6.07 Å². The Labute approximate surface area is 142 Å². The largest absolute Gasteiger partial charge is 0.457 e. The molecule has 0 radical (unpaired) electrons. The number of para-hydroxylation sites is 2. The number of pyridine rings is 1. The molecule has 2 heterocycles. The predicted molar refractivity (Wildman–Crippen MR) is 92.3 cm³/mol. The Balaban J connectivity index is 1.70. The van der Waals surface area contributed by atoms with E-state index >= 15 is 0 Å². The average molecular weight is 331 g/mol. The SMILES string of the molecule is O=c1cccc(-c2noc(-c3ccccc3Oc3ccccc3)n2)[nH]1. The van der Waals surface area contributed by atoms with Crippen LogP contribution in [0.15, 0.2) is 82.1 Å². The number of rotatable bonds is 4. The van der Waals surface area contributed by atoms with Gasteiger partial charge in [0, 0.05) is 6.07 Å². The van der Waals surface area contributed by atoms with Crippen molar-refractivity contribution in [1.82, 2.24) is 15.1 Å². The van der Waals surface area contributed by atoms with Gasteiger partial charge in [0.2, 0.25) is 11.4 Å². The van der Waals surface area contributed by atoms with Crippen molar-refractivity contribution in [3.05, 3.63) is 83.2 Å². The third kappa shape index (κ3) is 3.18. The highest BCUT2D eigenvalue weighted by molar-refractivity contribution is 5.65. The number of nitrogens with one attached hydrogen (secondary N) is 1. The Morgan fingerprint density at radius 2 is 1.68 bits per heavy atom. The summed E-state index contributed by atoms with van der Waals surface area (Å²) in [5.74, 6) is 1.93. The fourth-order valence-corrected chi connectivity index (χ4v) is 2.37. The topological polar surface area (TPSA) is 81.0 Å². The van der Waals surface area contributed by atoms with Crippen molar-refractivity contribution in [3.63, 3.8) is 0 Å². The molecular weight excluding hydrogens is 318 g/mol. The lowest BCUT2D eigenvalue weighted by molar-refractivity contribution is 0.427. The van der Waals surface area contributed by atoms with Crippen LogP contribution in [0.2, 0.25) is 0 Å². The first kappa shape index (κ1) is 14.9. The second kappa shape index (κ2) is 6.45. The lowest BCUT2D eigenvalue weighted by atomic mass is 10.2. The number of aromatic nitrogens is 3. The van der Waals surface area contributed by atoms with E-state index in [1.54, 1.807) is 12.1 Å². The number of benzene rings is 2. The number of aromatic amines is 1. The van der Waals surface area contributed by atoms with Gasteiger partial charge in [-0.25, -0.2) is 0 Å². The number of nitrogens with zero attached hydrogens (tertiary/aromatic N) is 2. The van der Waals surface area contributed by atoms with Gasteiger partial charge in [-0.2, -0.15) is 4.98 Å². The molecule has 4 rings (SSSR count). The summed E-state index contributed by atoms with van der Waals surface area (Å²) >= 11 is 0. The molecule has 0 aliphatic heterocycles. The van der Waals surface area contributed by atoms with Crippen LogP contribution in [0.3, 0.4) is 0 Å². The Hall–Kier alpha value is -3.67. The molecule has 0 fully saturated rings. The van der Waals surface area contributed by atoms with Crippen molar-refractivity contribution in [2.45, 2.75) is 0 Å². The molecule has 2 aromatic carbocycles. The third-order valence-corrected chi connectivity index (χ3v) is 3.52. The lowest BCUT2D eigenvalue weighted by Crippen LogP contribution is -2.03. The summed E-state index contributed by atoms with van der Waals surface area (Å²) in [5, 5.41) is 3.94. The molecule has 1 N–H and O–H groups in total. The number of hydrogen-bond acceptors (Lipinski definition) is 5. The van der Waals surface area contributed by atoms with Gasteiger partial charge in [0.15, 0.2) is 0 Å². The molecule has 0 unspecified atom stereocenters. The zero-order valence-electron chi connectivity index (χ0n) is 13.0. The van der Waals surface area contributed by atoms with Crippen molar-refractivity contribution in [2.24, 2.45) is 0 Å². The Morgan fingerprint density at radius 1 is 0.880 bits per heavy atom. The highest BCUT2D eigenvalue weighted by atomic mass is 16.5. The first-order chi connectivity index (χ1) is 12.3. The van der Waals surface area contributed by atoms with E-state index in [4.69, 9.17) is 9.26 Å². The van der Waals surface area contributed by atoms with Gasteiger partial charge in [0.1, 0.15) is 11.5 Å². The maximum Gasteiger partial charge on any atom is 0.262 e. The number of ether oxygens (including phenoxy) is 1. The first-order valence-corrected chi connectivity index (χ1v) is 7.65. The van der Waals surface area contributed by atoms with Gasteiger partial charge < -0.3 is 14.2 Å². The minimum Gasteiger partial charge on any atom is -0.457 e. The molecule has 4 aromatic rings. The molecular formula is C19H13N3O3.